The third-order valence-electron chi connectivity index (χ3n) is 8.74. The first-order chi connectivity index (χ1) is 18.3. The SMILES string of the molecule is CC[C@]12CCC3(O1)C(C(=O)NC(C)(C)CC(C)(C)C)N(CCCCCO)C(=O)[C@@H]3[C@H]2C(=O)Nc1ccccc1. The molecule has 4 rings (SSSR count). The maximum atomic E-state index is 14.2. The molecule has 0 radical (unpaired) electrons. The van der Waals surface area contributed by atoms with Crippen LogP contribution in [0, 0.1) is 17.3 Å². The normalized spacial score (nSPS) is 30.0. The second kappa shape index (κ2) is 10.8. The fourth-order valence-corrected chi connectivity index (χ4v) is 7.74. The van der Waals surface area contributed by atoms with Crippen LogP contribution in [0.1, 0.15) is 86.5 Å². The summed E-state index contributed by atoms with van der Waals surface area (Å²) in [6.07, 6.45) is 4.62. The fourth-order valence-electron chi connectivity index (χ4n) is 7.74. The van der Waals surface area contributed by atoms with E-state index in [2.05, 4.69) is 31.4 Å². The largest absolute Gasteiger partial charge is 0.396 e. The molecule has 3 heterocycles. The monoisotopic (exact) mass is 541 g/mol. The molecule has 1 aromatic carbocycles. The summed E-state index contributed by atoms with van der Waals surface area (Å²) in [7, 11) is 0. The number of para-hydroxylation sites is 1. The van der Waals surface area contributed by atoms with Crippen molar-refractivity contribution in [1.29, 1.82) is 0 Å². The summed E-state index contributed by atoms with van der Waals surface area (Å²) in [5.74, 6) is -2.00. The van der Waals surface area contributed by atoms with Crippen LogP contribution in [0.5, 0.6) is 0 Å². The topological polar surface area (TPSA) is 108 Å². The van der Waals surface area contributed by atoms with Gasteiger partial charge in [-0.25, -0.2) is 0 Å². The molecular formula is C31H47N3O5. The van der Waals surface area contributed by atoms with E-state index in [9.17, 15) is 19.5 Å². The van der Waals surface area contributed by atoms with Gasteiger partial charge in [0.1, 0.15) is 11.6 Å². The molecule has 2 unspecified atom stereocenters. The number of carbonyl (C=O) groups excluding carboxylic acids is 3. The number of ether oxygens (including phenoxy) is 1. The van der Waals surface area contributed by atoms with Crippen molar-refractivity contribution in [2.45, 2.75) is 109 Å². The Labute approximate surface area is 233 Å². The molecule has 3 aliphatic heterocycles. The molecule has 3 N–H and O–H groups in total. The standard InChI is InChI=1S/C31H47N3O5/c1-7-30-16-17-31(39-30)23(22(30)25(36)32-21-14-10-8-11-15-21)27(38)34(18-12-9-13-19-35)24(31)26(37)33-29(5,6)20-28(2,3)4/h8,10-11,14-15,22-24,35H,7,9,12-13,16-20H2,1-6H3,(H,32,36)(H,33,37)/t22-,23-,24?,30+,31?/m0/s1. The number of anilines is 1. The van der Waals surface area contributed by atoms with Gasteiger partial charge >= 0.3 is 0 Å². The van der Waals surface area contributed by atoms with Crippen LogP contribution in [0.4, 0.5) is 5.69 Å². The van der Waals surface area contributed by atoms with Crippen molar-refractivity contribution in [3.05, 3.63) is 30.3 Å². The molecule has 0 aliphatic carbocycles. The maximum Gasteiger partial charge on any atom is 0.246 e. The smallest absolute Gasteiger partial charge is 0.246 e. The molecule has 0 aromatic heterocycles. The predicted octanol–water partition coefficient (Wildman–Crippen LogP) is 4.27. The van der Waals surface area contributed by atoms with Gasteiger partial charge in [-0.1, -0.05) is 45.9 Å². The number of nitrogens with zero attached hydrogens (tertiary/aromatic N) is 1. The summed E-state index contributed by atoms with van der Waals surface area (Å²) < 4.78 is 6.85. The summed E-state index contributed by atoms with van der Waals surface area (Å²) in [5, 5.41) is 15.5. The van der Waals surface area contributed by atoms with Crippen LogP contribution in [0.25, 0.3) is 0 Å². The van der Waals surface area contributed by atoms with Crippen LogP contribution < -0.4 is 10.6 Å². The highest BCUT2D eigenvalue weighted by Gasteiger charge is 2.78. The van der Waals surface area contributed by atoms with Crippen molar-refractivity contribution in [2.75, 3.05) is 18.5 Å². The Kier molecular flexibility index (Phi) is 8.21. The van der Waals surface area contributed by atoms with Crippen LogP contribution in [-0.2, 0) is 19.1 Å². The first-order valence-electron chi connectivity index (χ1n) is 14.6. The summed E-state index contributed by atoms with van der Waals surface area (Å²) in [4.78, 5) is 43.9. The van der Waals surface area contributed by atoms with Crippen molar-refractivity contribution in [2.24, 2.45) is 17.3 Å². The van der Waals surface area contributed by atoms with E-state index < -0.39 is 34.6 Å². The molecule has 8 nitrogen and oxygen atoms in total. The Morgan fingerprint density at radius 2 is 1.74 bits per heavy atom. The number of benzene rings is 1. The van der Waals surface area contributed by atoms with E-state index in [-0.39, 0.29) is 29.7 Å². The minimum atomic E-state index is -1.04. The van der Waals surface area contributed by atoms with Crippen LogP contribution in [0.3, 0.4) is 0 Å². The van der Waals surface area contributed by atoms with Gasteiger partial charge in [0.2, 0.25) is 17.7 Å². The number of hydrogen-bond donors (Lipinski definition) is 3. The highest BCUT2D eigenvalue weighted by atomic mass is 16.5. The van der Waals surface area contributed by atoms with Gasteiger partial charge in [0.25, 0.3) is 0 Å². The van der Waals surface area contributed by atoms with Crippen LogP contribution >= 0.6 is 0 Å². The first-order valence-corrected chi connectivity index (χ1v) is 14.6. The van der Waals surface area contributed by atoms with E-state index in [4.69, 9.17) is 4.74 Å². The van der Waals surface area contributed by atoms with Crippen molar-refractivity contribution >= 4 is 23.4 Å². The number of nitrogens with one attached hydrogen (secondary N) is 2. The molecule has 3 aliphatic rings. The number of unbranched alkanes of at least 4 members (excludes halogenated alkanes) is 2. The summed E-state index contributed by atoms with van der Waals surface area (Å²) in [6.45, 7) is 13.0. The average Bonchev–Trinajstić information content (AvgIpc) is 3.44. The Balaban J connectivity index is 1.69. The van der Waals surface area contributed by atoms with Gasteiger partial charge in [-0.15, -0.1) is 0 Å². The molecular weight excluding hydrogens is 494 g/mol. The van der Waals surface area contributed by atoms with E-state index in [0.717, 1.165) is 12.8 Å². The number of fused-ring (bicyclic) bond motifs is 1. The van der Waals surface area contributed by atoms with Crippen LogP contribution in [0.2, 0.25) is 0 Å². The second-order valence-electron chi connectivity index (χ2n) is 13.6. The van der Waals surface area contributed by atoms with E-state index in [1.165, 1.54) is 0 Å². The minimum absolute atomic E-state index is 0.00226. The zero-order valence-corrected chi connectivity index (χ0v) is 24.5. The number of carbonyl (C=O) groups is 3. The quantitative estimate of drug-likeness (QED) is 0.363. The van der Waals surface area contributed by atoms with E-state index >= 15 is 0 Å². The van der Waals surface area contributed by atoms with Gasteiger partial charge < -0.3 is 25.4 Å². The zero-order valence-electron chi connectivity index (χ0n) is 24.5. The Hall–Kier alpha value is -2.45. The number of likely N-dealkylation sites (tertiary alicyclic amines) is 1. The lowest BCUT2D eigenvalue weighted by atomic mass is 9.65. The second-order valence-corrected chi connectivity index (χ2v) is 13.6. The molecule has 5 atom stereocenters. The van der Waals surface area contributed by atoms with Crippen LogP contribution in [0.15, 0.2) is 30.3 Å². The third-order valence-corrected chi connectivity index (χ3v) is 8.74. The fraction of sp³-hybridized carbons (Fsp3) is 0.710. The lowest BCUT2D eigenvalue weighted by Gasteiger charge is -2.38. The lowest BCUT2D eigenvalue weighted by molar-refractivity contribution is -0.147. The molecule has 3 saturated heterocycles. The summed E-state index contributed by atoms with van der Waals surface area (Å²) in [6, 6.07) is 8.47. The number of hydrogen-bond acceptors (Lipinski definition) is 5. The van der Waals surface area contributed by atoms with Gasteiger partial charge in [-0.3, -0.25) is 14.4 Å². The van der Waals surface area contributed by atoms with E-state index in [1.807, 2.05) is 51.1 Å². The highest BCUT2D eigenvalue weighted by Crippen LogP contribution is 2.64. The van der Waals surface area contributed by atoms with Gasteiger partial charge in [0.05, 0.1) is 17.4 Å². The van der Waals surface area contributed by atoms with Gasteiger partial charge in [0.15, 0.2) is 0 Å². The molecule has 2 bridgehead atoms. The Bertz CT molecular complexity index is 1070. The van der Waals surface area contributed by atoms with Gasteiger partial charge in [-0.2, -0.15) is 0 Å². The predicted molar refractivity (Wildman–Crippen MR) is 151 cm³/mol. The average molecular weight is 542 g/mol. The van der Waals surface area contributed by atoms with E-state index in [1.54, 1.807) is 4.90 Å². The zero-order chi connectivity index (χ0) is 28.6. The van der Waals surface area contributed by atoms with Crippen molar-refractivity contribution < 1.29 is 24.2 Å². The van der Waals surface area contributed by atoms with Gasteiger partial charge in [-0.05, 0) is 76.3 Å². The molecule has 3 amide bonds. The summed E-state index contributed by atoms with van der Waals surface area (Å²) in [5.41, 5.74) is -1.62. The number of rotatable bonds is 11. The number of aliphatic hydroxyl groups is 1. The Morgan fingerprint density at radius 3 is 2.36 bits per heavy atom. The maximum absolute atomic E-state index is 14.2. The Morgan fingerprint density at radius 1 is 1.05 bits per heavy atom. The molecule has 39 heavy (non-hydrogen) atoms. The van der Waals surface area contributed by atoms with E-state index in [0.29, 0.717) is 44.3 Å². The molecule has 216 valence electrons. The molecule has 1 aromatic rings. The van der Waals surface area contributed by atoms with Crippen molar-refractivity contribution in [3.8, 4) is 0 Å². The number of amides is 3. The van der Waals surface area contributed by atoms with Crippen molar-refractivity contribution in [3.63, 3.8) is 0 Å². The lowest BCUT2D eigenvalue weighted by Crippen LogP contribution is -2.59. The highest BCUT2D eigenvalue weighted by molar-refractivity contribution is 6.02. The summed E-state index contributed by atoms with van der Waals surface area (Å²) >= 11 is 0. The first kappa shape index (κ1) is 29.5. The molecule has 1 spiro atoms. The van der Waals surface area contributed by atoms with Crippen LogP contribution in [-0.4, -0.2) is 63.7 Å². The number of aliphatic hydroxyl groups excluding tert-OH is 1. The molecule has 3 fully saturated rings. The third kappa shape index (κ3) is 5.60. The minimum Gasteiger partial charge on any atom is -0.396 e. The molecule has 8 heteroatoms. The molecule has 0 saturated carbocycles. The van der Waals surface area contributed by atoms with Gasteiger partial charge in [0, 0.05) is 24.4 Å². The van der Waals surface area contributed by atoms with Crippen molar-refractivity contribution in [1.82, 2.24) is 10.2 Å².